The van der Waals surface area contributed by atoms with Crippen molar-refractivity contribution >= 4 is 11.9 Å². The van der Waals surface area contributed by atoms with Crippen LogP contribution in [0.2, 0.25) is 0 Å². The highest BCUT2D eigenvalue weighted by Gasteiger charge is 1.98. The Labute approximate surface area is 185 Å². The molecule has 0 radical (unpaired) electrons. The number of esters is 2. The normalized spacial score (nSPS) is 11.4. The van der Waals surface area contributed by atoms with Gasteiger partial charge < -0.3 is 9.47 Å². The van der Waals surface area contributed by atoms with Gasteiger partial charge in [0.1, 0.15) is 0 Å². The monoisotopic (exact) mass is 422 g/mol. The van der Waals surface area contributed by atoms with Gasteiger partial charge in [0, 0.05) is 12.2 Å². The molecule has 0 unspecified atom stereocenters. The van der Waals surface area contributed by atoms with E-state index in [0.29, 0.717) is 13.2 Å². The summed E-state index contributed by atoms with van der Waals surface area (Å²) in [6, 6.07) is 0. The lowest BCUT2D eigenvalue weighted by Gasteiger charge is -2.03. The zero-order chi connectivity index (χ0) is 22.1. The molecule has 0 saturated carbocycles. The fourth-order valence-electron chi connectivity index (χ4n) is 3.18. The lowest BCUT2D eigenvalue weighted by molar-refractivity contribution is -0.138. The molecule has 30 heavy (non-hydrogen) atoms. The van der Waals surface area contributed by atoms with Crippen LogP contribution in [0.5, 0.6) is 0 Å². The van der Waals surface area contributed by atoms with Crippen LogP contribution in [-0.4, -0.2) is 25.2 Å². The van der Waals surface area contributed by atoms with Crippen LogP contribution in [0, 0.1) is 0 Å². The van der Waals surface area contributed by atoms with Gasteiger partial charge in [-0.2, -0.15) is 0 Å². The van der Waals surface area contributed by atoms with Crippen LogP contribution in [0.4, 0.5) is 0 Å². The molecular weight excluding hydrogens is 376 g/mol. The zero-order valence-electron chi connectivity index (χ0n) is 19.7. The Hall–Kier alpha value is -1.58. The minimum atomic E-state index is -0.366. The topological polar surface area (TPSA) is 52.6 Å². The molecule has 0 fully saturated rings. The Balaban J connectivity index is 3.51. The van der Waals surface area contributed by atoms with Gasteiger partial charge in [0.25, 0.3) is 0 Å². The van der Waals surface area contributed by atoms with Crippen molar-refractivity contribution in [1.29, 1.82) is 0 Å². The second-order valence-electron chi connectivity index (χ2n) is 8.00. The largest absolute Gasteiger partial charge is 0.463 e. The van der Waals surface area contributed by atoms with Crippen molar-refractivity contribution in [3.05, 3.63) is 24.3 Å². The maximum Gasteiger partial charge on any atom is 0.330 e. The maximum absolute atomic E-state index is 11.6. The molecule has 0 aromatic rings. The van der Waals surface area contributed by atoms with Crippen LogP contribution in [0.25, 0.3) is 0 Å². The molecule has 174 valence electrons. The predicted octanol–water partition coefficient (Wildman–Crippen LogP) is 7.47. The van der Waals surface area contributed by atoms with Gasteiger partial charge in [-0.05, 0) is 12.8 Å². The van der Waals surface area contributed by atoms with E-state index in [-0.39, 0.29) is 11.9 Å². The highest BCUT2D eigenvalue weighted by molar-refractivity contribution is 5.84. The van der Waals surface area contributed by atoms with Crippen molar-refractivity contribution < 1.29 is 19.1 Å². The van der Waals surface area contributed by atoms with E-state index in [1.807, 2.05) is 0 Å². The standard InChI is InChI=1S/C26H46O4/c1-3-5-7-9-11-13-15-19-23-29-25(27)21-17-18-22-26(28)30-24-20-16-14-12-10-8-6-4-2/h17-18,21-22H,3-16,19-20,23-24H2,1-2H3. The Morgan fingerprint density at radius 3 is 1.13 bits per heavy atom. The molecule has 0 aromatic carbocycles. The minimum Gasteiger partial charge on any atom is -0.463 e. The molecule has 0 N–H and O–H groups in total. The molecule has 0 aliphatic heterocycles. The Morgan fingerprint density at radius 2 is 0.800 bits per heavy atom. The third-order valence-corrected chi connectivity index (χ3v) is 5.06. The molecular formula is C26H46O4. The third kappa shape index (κ3) is 22.7. The molecule has 0 atom stereocenters. The first-order chi connectivity index (χ1) is 14.7. The van der Waals surface area contributed by atoms with Crippen LogP contribution in [0.1, 0.15) is 117 Å². The lowest BCUT2D eigenvalue weighted by atomic mass is 10.1. The average Bonchev–Trinajstić information content (AvgIpc) is 2.74. The van der Waals surface area contributed by atoms with E-state index in [1.165, 1.54) is 101 Å². The van der Waals surface area contributed by atoms with Gasteiger partial charge in [0.15, 0.2) is 0 Å². The van der Waals surface area contributed by atoms with E-state index in [2.05, 4.69) is 13.8 Å². The summed E-state index contributed by atoms with van der Waals surface area (Å²) in [5.74, 6) is -0.732. The summed E-state index contributed by atoms with van der Waals surface area (Å²) in [6.07, 6.45) is 25.2. The number of carbonyl (C=O) groups excluding carboxylic acids is 2. The third-order valence-electron chi connectivity index (χ3n) is 5.06. The first-order valence-electron chi connectivity index (χ1n) is 12.4. The van der Waals surface area contributed by atoms with Gasteiger partial charge in [-0.1, -0.05) is 116 Å². The fourth-order valence-corrected chi connectivity index (χ4v) is 3.18. The number of carbonyl (C=O) groups is 2. The highest BCUT2D eigenvalue weighted by Crippen LogP contribution is 2.09. The van der Waals surface area contributed by atoms with Gasteiger partial charge in [-0.3, -0.25) is 0 Å². The summed E-state index contributed by atoms with van der Waals surface area (Å²) in [7, 11) is 0. The summed E-state index contributed by atoms with van der Waals surface area (Å²) in [5, 5.41) is 0. The summed E-state index contributed by atoms with van der Waals surface area (Å²) in [4.78, 5) is 23.2. The van der Waals surface area contributed by atoms with Crippen LogP contribution in [0.3, 0.4) is 0 Å². The summed E-state index contributed by atoms with van der Waals surface area (Å²) < 4.78 is 10.3. The molecule has 0 bridgehead atoms. The molecule has 0 heterocycles. The summed E-state index contributed by atoms with van der Waals surface area (Å²) in [5.41, 5.74) is 0. The van der Waals surface area contributed by atoms with Crippen molar-refractivity contribution in [3.8, 4) is 0 Å². The van der Waals surface area contributed by atoms with Crippen molar-refractivity contribution in [2.75, 3.05) is 13.2 Å². The number of unbranched alkanes of at least 4 members (excludes halogenated alkanes) is 14. The van der Waals surface area contributed by atoms with Gasteiger partial charge in [0.05, 0.1) is 13.2 Å². The Kier molecular flexibility index (Phi) is 22.4. The van der Waals surface area contributed by atoms with Crippen LogP contribution in [0.15, 0.2) is 24.3 Å². The van der Waals surface area contributed by atoms with Crippen LogP contribution in [-0.2, 0) is 19.1 Å². The quantitative estimate of drug-likeness (QED) is 0.0833. The summed E-state index contributed by atoms with van der Waals surface area (Å²) in [6.45, 7) is 5.37. The smallest absolute Gasteiger partial charge is 0.330 e. The predicted molar refractivity (Wildman–Crippen MR) is 125 cm³/mol. The molecule has 0 aliphatic rings. The van der Waals surface area contributed by atoms with Gasteiger partial charge in [-0.15, -0.1) is 0 Å². The molecule has 4 heteroatoms. The molecule has 4 nitrogen and oxygen atoms in total. The molecule has 0 saturated heterocycles. The van der Waals surface area contributed by atoms with E-state index >= 15 is 0 Å². The van der Waals surface area contributed by atoms with E-state index in [0.717, 1.165) is 25.7 Å². The number of rotatable bonds is 21. The lowest BCUT2D eigenvalue weighted by Crippen LogP contribution is -2.03. The first kappa shape index (κ1) is 28.4. The van der Waals surface area contributed by atoms with Crippen molar-refractivity contribution in [2.45, 2.75) is 117 Å². The van der Waals surface area contributed by atoms with E-state index in [1.54, 1.807) is 0 Å². The SMILES string of the molecule is CCCCCCCCCCOC(=O)C=CC=CC(=O)OCCCCCCCCCC. The molecule has 0 aromatic heterocycles. The maximum atomic E-state index is 11.6. The number of hydrogen-bond acceptors (Lipinski definition) is 4. The van der Waals surface area contributed by atoms with Gasteiger partial charge in [0.2, 0.25) is 0 Å². The van der Waals surface area contributed by atoms with Crippen LogP contribution >= 0.6 is 0 Å². The molecule has 0 aliphatic carbocycles. The van der Waals surface area contributed by atoms with Crippen molar-refractivity contribution in [1.82, 2.24) is 0 Å². The second-order valence-corrected chi connectivity index (χ2v) is 8.00. The van der Waals surface area contributed by atoms with E-state index in [4.69, 9.17) is 9.47 Å². The summed E-state index contributed by atoms with van der Waals surface area (Å²) >= 11 is 0. The van der Waals surface area contributed by atoms with Gasteiger partial charge in [-0.25, -0.2) is 9.59 Å². The molecule has 0 amide bonds. The number of ether oxygens (including phenoxy) is 2. The van der Waals surface area contributed by atoms with Crippen molar-refractivity contribution in [3.63, 3.8) is 0 Å². The first-order valence-corrected chi connectivity index (χ1v) is 12.4. The highest BCUT2D eigenvalue weighted by atomic mass is 16.5. The van der Waals surface area contributed by atoms with E-state index < -0.39 is 0 Å². The number of allylic oxidation sites excluding steroid dienone is 2. The Morgan fingerprint density at radius 1 is 0.500 bits per heavy atom. The molecule has 0 spiro atoms. The number of hydrogen-bond donors (Lipinski definition) is 0. The van der Waals surface area contributed by atoms with Crippen LogP contribution < -0.4 is 0 Å². The van der Waals surface area contributed by atoms with Crippen molar-refractivity contribution in [2.24, 2.45) is 0 Å². The van der Waals surface area contributed by atoms with E-state index in [9.17, 15) is 9.59 Å². The zero-order valence-corrected chi connectivity index (χ0v) is 19.7. The average molecular weight is 423 g/mol. The Bertz CT molecular complexity index is 412. The second kappa shape index (κ2) is 23.7. The molecule has 0 rings (SSSR count). The minimum absolute atomic E-state index is 0.366. The van der Waals surface area contributed by atoms with Gasteiger partial charge >= 0.3 is 11.9 Å². The fraction of sp³-hybridized carbons (Fsp3) is 0.769.